The lowest BCUT2D eigenvalue weighted by molar-refractivity contribution is 0.0996. The van der Waals surface area contributed by atoms with Crippen LogP contribution in [0.15, 0.2) is 48.5 Å². The summed E-state index contributed by atoms with van der Waals surface area (Å²) >= 11 is 0. The highest BCUT2D eigenvalue weighted by molar-refractivity contribution is 6.05. The van der Waals surface area contributed by atoms with Gasteiger partial charge in [-0.1, -0.05) is 31.2 Å². The molecular weight excluding hydrogens is 382 g/mol. The van der Waals surface area contributed by atoms with Crippen LogP contribution in [0.5, 0.6) is 5.75 Å². The Labute approximate surface area is 172 Å². The zero-order chi connectivity index (χ0) is 21.3. The lowest BCUT2D eigenvalue weighted by Crippen LogP contribution is -2.17. The number of anilines is 1. The minimum Gasteiger partial charge on any atom is -0.494 e. The molecule has 152 valence electrons. The Kier molecular flexibility index (Phi) is 5.05. The molecule has 0 atom stereocenters. The van der Waals surface area contributed by atoms with Crippen molar-refractivity contribution in [3.8, 4) is 5.75 Å². The zero-order valence-electron chi connectivity index (χ0n) is 16.7. The van der Waals surface area contributed by atoms with Crippen molar-refractivity contribution in [1.29, 1.82) is 0 Å². The highest BCUT2D eigenvalue weighted by Gasteiger charge is 2.20. The quantitative estimate of drug-likeness (QED) is 0.513. The average Bonchev–Trinajstić information content (AvgIpc) is 3.09. The second-order valence-electron chi connectivity index (χ2n) is 6.84. The van der Waals surface area contributed by atoms with E-state index >= 15 is 0 Å². The Morgan fingerprint density at radius 1 is 1.10 bits per heavy atom. The van der Waals surface area contributed by atoms with Crippen molar-refractivity contribution in [3.63, 3.8) is 0 Å². The summed E-state index contributed by atoms with van der Waals surface area (Å²) in [5, 5.41) is 3.80. The number of nitrogens with one attached hydrogen (secondary N) is 1. The largest absolute Gasteiger partial charge is 0.494 e. The maximum atomic E-state index is 12.9. The predicted molar refractivity (Wildman–Crippen MR) is 115 cm³/mol. The number of carbonyl (C=O) groups excluding carboxylic acids is 2. The van der Waals surface area contributed by atoms with E-state index in [4.69, 9.17) is 10.5 Å². The van der Waals surface area contributed by atoms with Gasteiger partial charge in [-0.05, 0) is 30.7 Å². The zero-order valence-corrected chi connectivity index (χ0v) is 16.7. The number of methoxy groups -OCH3 is 1. The summed E-state index contributed by atoms with van der Waals surface area (Å²) in [5.41, 5.74) is 7.93. The number of aryl methyl sites for hydroxylation is 1. The van der Waals surface area contributed by atoms with Crippen molar-refractivity contribution < 1.29 is 14.3 Å². The topological polar surface area (TPSA) is 112 Å². The number of carbonyl (C=O) groups is 2. The van der Waals surface area contributed by atoms with E-state index in [-0.39, 0.29) is 17.2 Å². The summed E-state index contributed by atoms with van der Waals surface area (Å²) in [4.78, 5) is 33.5. The van der Waals surface area contributed by atoms with Crippen molar-refractivity contribution in [1.82, 2.24) is 14.5 Å². The number of primary amides is 1. The fraction of sp³-hybridized carbons (Fsp3) is 0.182. The Hall–Kier alpha value is -3.94. The van der Waals surface area contributed by atoms with E-state index < -0.39 is 5.91 Å². The first kappa shape index (κ1) is 19.4. The lowest BCUT2D eigenvalue weighted by atomic mass is 10.1. The minimum absolute atomic E-state index is 0.286. The number of rotatable bonds is 6. The molecule has 0 radical (unpaired) electrons. The average molecular weight is 403 g/mol. The number of fused-ring (bicyclic) bond motifs is 2. The summed E-state index contributed by atoms with van der Waals surface area (Å²) in [6.45, 7) is 2.62. The number of imidazole rings is 1. The van der Waals surface area contributed by atoms with Crippen LogP contribution < -0.4 is 15.8 Å². The van der Waals surface area contributed by atoms with E-state index in [1.807, 2.05) is 41.8 Å². The molecule has 3 N–H and O–H groups in total. The molecule has 2 aromatic heterocycles. The lowest BCUT2D eigenvalue weighted by Gasteiger charge is -2.11. The van der Waals surface area contributed by atoms with Crippen LogP contribution in [0.3, 0.4) is 0 Å². The standard InChI is InChI=1S/C22H21N5O3/c1-3-10-27-19-17(11-14(20(23)28)12-18(19)30-2)25-22(27)26-21(29)16-9-8-13-6-4-5-7-15(13)24-16/h4-9,11-12H,3,10H2,1-2H3,(H2,23,28)(H,25,26,29). The van der Waals surface area contributed by atoms with E-state index in [1.54, 1.807) is 18.2 Å². The molecule has 0 saturated carbocycles. The van der Waals surface area contributed by atoms with Crippen LogP contribution >= 0.6 is 0 Å². The van der Waals surface area contributed by atoms with Crippen molar-refractivity contribution in [2.24, 2.45) is 5.73 Å². The molecule has 2 aromatic carbocycles. The number of amides is 2. The molecule has 8 nitrogen and oxygen atoms in total. The Balaban J connectivity index is 1.77. The first-order valence-electron chi connectivity index (χ1n) is 9.57. The molecule has 0 saturated heterocycles. The van der Waals surface area contributed by atoms with Crippen LogP contribution in [-0.4, -0.2) is 33.5 Å². The first-order chi connectivity index (χ1) is 14.5. The number of nitrogens with two attached hydrogens (primary N) is 1. The number of hydrogen-bond acceptors (Lipinski definition) is 5. The van der Waals surface area contributed by atoms with Crippen LogP contribution in [-0.2, 0) is 6.54 Å². The van der Waals surface area contributed by atoms with Gasteiger partial charge < -0.3 is 15.0 Å². The van der Waals surface area contributed by atoms with Gasteiger partial charge in [0.15, 0.2) is 0 Å². The van der Waals surface area contributed by atoms with Gasteiger partial charge in [0, 0.05) is 17.5 Å². The molecule has 8 heteroatoms. The maximum Gasteiger partial charge on any atom is 0.276 e. The highest BCUT2D eigenvalue weighted by atomic mass is 16.5. The fourth-order valence-corrected chi connectivity index (χ4v) is 3.42. The normalized spacial score (nSPS) is 11.0. The van der Waals surface area contributed by atoms with Crippen molar-refractivity contribution in [3.05, 3.63) is 59.8 Å². The Bertz CT molecular complexity index is 1280. The van der Waals surface area contributed by atoms with Gasteiger partial charge >= 0.3 is 0 Å². The van der Waals surface area contributed by atoms with Crippen LogP contribution in [0.2, 0.25) is 0 Å². The van der Waals surface area contributed by atoms with E-state index in [2.05, 4.69) is 15.3 Å². The molecule has 2 amide bonds. The van der Waals surface area contributed by atoms with Crippen LogP contribution in [0.4, 0.5) is 5.95 Å². The van der Waals surface area contributed by atoms with Gasteiger partial charge in [-0.2, -0.15) is 0 Å². The summed E-state index contributed by atoms with van der Waals surface area (Å²) < 4.78 is 7.32. The highest BCUT2D eigenvalue weighted by Crippen LogP contribution is 2.31. The number of ether oxygens (including phenoxy) is 1. The summed E-state index contributed by atoms with van der Waals surface area (Å²) in [7, 11) is 1.51. The molecule has 0 spiro atoms. The number of aromatic nitrogens is 3. The van der Waals surface area contributed by atoms with Crippen LogP contribution in [0, 0.1) is 0 Å². The summed E-state index contributed by atoms with van der Waals surface area (Å²) in [6, 6.07) is 14.3. The molecule has 0 aliphatic carbocycles. The van der Waals surface area contributed by atoms with E-state index in [0.29, 0.717) is 29.3 Å². The molecule has 2 heterocycles. The SMILES string of the molecule is CCCn1c(NC(=O)c2ccc3ccccc3n2)nc2cc(C(N)=O)cc(OC)c21. The molecule has 0 aliphatic rings. The fourth-order valence-electron chi connectivity index (χ4n) is 3.42. The molecule has 0 unspecified atom stereocenters. The van der Waals surface area contributed by atoms with Crippen LogP contribution in [0.25, 0.3) is 21.9 Å². The van der Waals surface area contributed by atoms with Gasteiger partial charge in [0.25, 0.3) is 5.91 Å². The van der Waals surface area contributed by atoms with E-state index in [0.717, 1.165) is 17.3 Å². The predicted octanol–water partition coefficient (Wildman–Crippen LogP) is 3.35. The van der Waals surface area contributed by atoms with E-state index in [9.17, 15) is 9.59 Å². The number of para-hydroxylation sites is 1. The number of hydrogen-bond donors (Lipinski definition) is 2. The monoisotopic (exact) mass is 403 g/mol. The third kappa shape index (κ3) is 3.43. The summed E-state index contributed by atoms with van der Waals surface area (Å²) in [6.07, 6.45) is 0.809. The van der Waals surface area contributed by atoms with Gasteiger partial charge in [-0.3, -0.25) is 14.9 Å². The summed E-state index contributed by atoms with van der Waals surface area (Å²) in [5.74, 6) is -0.132. The van der Waals surface area contributed by atoms with Gasteiger partial charge in [0.2, 0.25) is 11.9 Å². The van der Waals surface area contributed by atoms with Crippen molar-refractivity contribution >= 4 is 39.7 Å². The Morgan fingerprint density at radius 2 is 1.90 bits per heavy atom. The third-order valence-corrected chi connectivity index (χ3v) is 4.81. The van der Waals surface area contributed by atoms with Crippen molar-refractivity contribution in [2.75, 3.05) is 12.4 Å². The Morgan fingerprint density at radius 3 is 2.63 bits per heavy atom. The molecule has 0 bridgehead atoms. The van der Waals surface area contributed by atoms with Crippen LogP contribution in [0.1, 0.15) is 34.2 Å². The van der Waals surface area contributed by atoms with Gasteiger partial charge in [-0.25, -0.2) is 9.97 Å². The van der Waals surface area contributed by atoms with Gasteiger partial charge in [0.1, 0.15) is 17.0 Å². The smallest absolute Gasteiger partial charge is 0.276 e. The van der Waals surface area contributed by atoms with E-state index in [1.165, 1.54) is 7.11 Å². The molecular formula is C22H21N5O3. The third-order valence-electron chi connectivity index (χ3n) is 4.81. The molecule has 0 fully saturated rings. The number of nitrogens with zero attached hydrogens (tertiary/aromatic N) is 3. The van der Waals surface area contributed by atoms with Crippen molar-refractivity contribution in [2.45, 2.75) is 19.9 Å². The molecule has 4 aromatic rings. The number of pyridine rings is 1. The van der Waals surface area contributed by atoms with Gasteiger partial charge in [0.05, 0.1) is 18.1 Å². The second-order valence-corrected chi connectivity index (χ2v) is 6.84. The molecule has 30 heavy (non-hydrogen) atoms. The van der Waals surface area contributed by atoms with Gasteiger partial charge in [-0.15, -0.1) is 0 Å². The second kappa shape index (κ2) is 7.82. The number of benzene rings is 2. The molecule has 4 rings (SSSR count). The molecule has 0 aliphatic heterocycles. The minimum atomic E-state index is -0.578. The first-order valence-corrected chi connectivity index (χ1v) is 9.57. The maximum absolute atomic E-state index is 12.9.